The van der Waals surface area contributed by atoms with Gasteiger partial charge >= 0.3 is 0 Å². The van der Waals surface area contributed by atoms with Crippen LogP contribution in [0.5, 0.6) is 11.5 Å². The first kappa shape index (κ1) is 22.2. The second-order valence-electron chi connectivity index (χ2n) is 8.06. The van der Waals surface area contributed by atoms with Gasteiger partial charge in [0.1, 0.15) is 19.0 Å². The Kier molecular flexibility index (Phi) is 6.39. The molecule has 1 amide bonds. The van der Waals surface area contributed by atoms with Crippen molar-refractivity contribution in [3.63, 3.8) is 0 Å². The molecule has 0 bridgehead atoms. The molecule has 2 aliphatic rings. The number of ketones is 1. The summed E-state index contributed by atoms with van der Waals surface area (Å²) < 4.78 is 11.1. The van der Waals surface area contributed by atoms with E-state index in [9.17, 15) is 14.7 Å². The Morgan fingerprint density at radius 2 is 1.88 bits per heavy atom. The highest BCUT2D eigenvalue weighted by molar-refractivity contribution is 6.46. The highest BCUT2D eigenvalue weighted by Crippen LogP contribution is 2.41. The molecule has 1 fully saturated rings. The van der Waals surface area contributed by atoms with Crippen molar-refractivity contribution in [2.75, 3.05) is 40.4 Å². The number of likely N-dealkylation sites (tertiary alicyclic amines) is 1. The smallest absolute Gasteiger partial charge is 0.295 e. The molecule has 0 spiro atoms. The zero-order chi connectivity index (χ0) is 22.8. The van der Waals surface area contributed by atoms with Gasteiger partial charge < -0.3 is 24.4 Å². The van der Waals surface area contributed by atoms with Crippen LogP contribution >= 0.6 is 11.6 Å². The number of ether oxygens (including phenoxy) is 2. The molecule has 0 aliphatic carbocycles. The van der Waals surface area contributed by atoms with Gasteiger partial charge in [-0.25, -0.2) is 0 Å². The van der Waals surface area contributed by atoms with Gasteiger partial charge in [-0.1, -0.05) is 23.7 Å². The fourth-order valence-corrected chi connectivity index (χ4v) is 4.24. The van der Waals surface area contributed by atoms with Crippen molar-refractivity contribution in [2.45, 2.75) is 12.5 Å². The second kappa shape index (κ2) is 9.22. The molecule has 32 heavy (non-hydrogen) atoms. The molecule has 0 saturated carbocycles. The van der Waals surface area contributed by atoms with E-state index < -0.39 is 17.7 Å². The van der Waals surface area contributed by atoms with Crippen LogP contribution in [0.25, 0.3) is 5.76 Å². The molecule has 168 valence electrons. The quantitative estimate of drug-likeness (QED) is 0.407. The number of fused-ring (bicyclic) bond motifs is 1. The molecule has 0 aromatic heterocycles. The second-order valence-corrected chi connectivity index (χ2v) is 8.50. The molecule has 2 heterocycles. The van der Waals surface area contributed by atoms with E-state index in [1.165, 1.54) is 4.90 Å². The van der Waals surface area contributed by atoms with Crippen LogP contribution in [0, 0.1) is 0 Å². The first-order valence-corrected chi connectivity index (χ1v) is 10.8. The topological polar surface area (TPSA) is 79.3 Å². The van der Waals surface area contributed by atoms with Gasteiger partial charge in [-0.15, -0.1) is 0 Å². The summed E-state index contributed by atoms with van der Waals surface area (Å²) in [5.41, 5.74) is 1.09. The van der Waals surface area contributed by atoms with Gasteiger partial charge in [0.2, 0.25) is 0 Å². The van der Waals surface area contributed by atoms with E-state index in [-0.39, 0.29) is 11.3 Å². The van der Waals surface area contributed by atoms with E-state index >= 15 is 0 Å². The van der Waals surface area contributed by atoms with Crippen LogP contribution in [-0.2, 0) is 9.59 Å². The monoisotopic (exact) mass is 456 g/mol. The average Bonchev–Trinajstić information content (AvgIpc) is 3.03. The van der Waals surface area contributed by atoms with Crippen molar-refractivity contribution in [1.29, 1.82) is 0 Å². The molecule has 2 aromatic carbocycles. The summed E-state index contributed by atoms with van der Waals surface area (Å²) in [6.45, 7) is 1.98. The lowest BCUT2D eigenvalue weighted by molar-refractivity contribution is -0.139. The minimum atomic E-state index is -0.732. The zero-order valence-corrected chi connectivity index (χ0v) is 18.8. The molecule has 8 heteroatoms. The maximum atomic E-state index is 13.1. The highest BCUT2D eigenvalue weighted by atomic mass is 35.5. The van der Waals surface area contributed by atoms with Crippen LogP contribution in [0.2, 0.25) is 5.02 Å². The lowest BCUT2D eigenvalue weighted by Gasteiger charge is -2.26. The van der Waals surface area contributed by atoms with Crippen molar-refractivity contribution >= 4 is 29.1 Å². The third-order valence-corrected chi connectivity index (χ3v) is 5.76. The van der Waals surface area contributed by atoms with Crippen molar-refractivity contribution < 1.29 is 24.2 Å². The predicted molar refractivity (Wildman–Crippen MR) is 121 cm³/mol. The molecule has 0 unspecified atom stereocenters. The lowest BCUT2D eigenvalue weighted by Crippen LogP contribution is -2.32. The summed E-state index contributed by atoms with van der Waals surface area (Å²) in [5, 5.41) is 11.7. The molecule has 0 radical (unpaired) electrons. The van der Waals surface area contributed by atoms with Crippen LogP contribution in [0.4, 0.5) is 0 Å². The number of aliphatic hydroxyl groups excluding tert-OH is 1. The fourth-order valence-electron chi connectivity index (χ4n) is 4.04. The molecule has 2 aliphatic heterocycles. The molecule has 2 aromatic rings. The molecule has 1 N–H and O–H groups in total. The van der Waals surface area contributed by atoms with Crippen LogP contribution in [0.15, 0.2) is 48.0 Å². The van der Waals surface area contributed by atoms with Gasteiger partial charge in [0.15, 0.2) is 11.5 Å². The van der Waals surface area contributed by atoms with Crippen LogP contribution in [0.3, 0.4) is 0 Å². The number of rotatable bonds is 6. The van der Waals surface area contributed by atoms with Crippen molar-refractivity contribution in [2.24, 2.45) is 0 Å². The third kappa shape index (κ3) is 4.31. The Morgan fingerprint density at radius 1 is 1.12 bits per heavy atom. The molecule has 1 saturated heterocycles. The number of carbonyl (C=O) groups is 2. The normalized spacial score (nSPS) is 19.6. The molecule has 7 nitrogen and oxygen atoms in total. The minimum Gasteiger partial charge on any atom is -0.507 e. The maximum absolute atomic E-state index is 13.1. The molecular weight excluding hydrogens is 432 g/mol. The fraction of sp³-hybridized carbons (Fsp3) is 0.333. The average molecular weight is 457 g/mol. The Balaban J connectivity index is 1.79. The van der Waals surface area contributed by atoms with E-state index in [0.717, 1.165) is 6.54 Å². The number of amides is 1. The van der Waals surface area contributed by atoms with Gasteiger partial charge in [-0.05, 0) is 63.0 Å². The number of benzene rings is 2. The number of nitrogens with zero attached hydrogens (tertiary/aromatic N) is 2. The summed E-state index contributed by atoms with van der Waals surface area (Å²) in [4.78, 5) is 29.6. The number of hydrogen-bond donors (Lipinski definition) is 1. The SMILES string of the molecule is CN(C)CCCN1C(=O)C(=O)C(=C(O)c2ccc3c(c2)OCCO3)[C@@H]1c1cccc(Cl)c1. The number of carbonyl (C=O) groups excluding carboxylic acids is 2. The van der Waals surface area contributed by atoms with E-state index in [0.29, 0.717) is 53.8 Å². The number of aliphatic hydroxyl groups is 1. The van der Waals surface area contributed by atoms with E-state index in [2.05, 4.69) is 0 Å². The van der Waals surface area contributed by atoms with Crippen molar-refractivity contribution in [3.05, 3.63) is 64.2 Å². The Labute approximate surface area is 191 Å². The van der Waals surface area contributed by atoms with E-state index in [1.807, 2.05) is 19.0 Å². The van der Waals surface area contributed by atoms with E-state index in [1.54, 1.807) is 42.5 Å². The first-order chi connectivity index (χ1) is 15.4. The lowest BCUT2D eigenvalue weighted by atomic mass is 9.95. The first-order valence-electron chi connectivity index (χ1n) is 10.5. The van der Waals surface area contributed by atoms with Crippen LogP contribution < -0.4 is 9.47 Å². The van der Waals surface area contributed by atoms with Crippen molar-refractivity contribution in [1.82, 2.24) is 9.80 Å². The van der Waals surface area contributed by atoms with Gasteiger partial charge in [0.25, 0.3) is 11.7 Å². The van der Waals surface area contributed by atoms with Crippen molar-refractivity contribution in [3.8, 4) is 11.5 Å². The number of Topliss-reactive ketones (excluding diaryl/α,β-unsaturated/α-hetero) is 1. The summed E-state index contributed by atoms with van der Waals surface area (Å²) >= 11 is 6.21. The molecule has 1 atom stereocenters. The third-order valence-electron chi connectivity index (χ3n) is 5.52. The Bertz CT molecular complexity index is 1080. The minimum absolute atomic E-state index is 0.0406. The Morgan fingerprint density at radius 3 is 2.59 bits per heavy atom. The summed E-state index contributed by atoms with van der Waals surface area (Å²) in [6, 6.07) is 11.2. The highest BCUT2D eigenvalue weighted by Gasteiger charge is 2.45. The van der Waals surface area contributed by atoms with Crippen LogP contribution in [-0.4, -0.2) is 67.0 Å². The summed E-state index contributed by atoms with van der Waals surface area (Å²) in [6.07, 6.45) is 0.682. The summed E-state index contributed by atoms with van der Waals surface area (Å²) in [7, 11) is 3.90. The van der Waals surface area contributed by atoms with Gasteiger partial charge in [0, 0.05) is 17.1 Å². The molecule has 4 rings (SSSR count). The van der Waals surface area contributed by atoms with Crippen LogP contribution in [0.1, 0.15) is 23.6 Å². The van der Waals surface area contributed by atoms with E-state index in [4.69, 9.17) is 21.1 Å². The summed E-state index contributed by atoms with van der Waals surface area (Å²) in [5.74, 6) is -0.538. The maximum Gasteiger partial charge on any atom is 0.295 e. The predicted octanol–water partition coefficient (Wildman–Crippen LogP) is 3.48. The van der Waals surface area contributed by atoms with Gasteiger partial charge in [0.05, 0.1) is 11.6 Å². The van der Waals surface area contributed by atoms with Gasteiger partial charge in [-0.3, -0.25) is 9.59 Å². The van der Waals surface area contributed by atoms with Gasteiger partial charge in [-0.2, -0.15) is 0 Å². The number of halogens is 1. The standard InChI is InChI=1S/C24H25ClN2O5/c1-26(2)9-4-10-27-21(15-5-3-6-17(25)13-15)20(23(29)24(27)30)22(28)16-7-8-18-19(14-16)32-12-11-31-18/h3,5-8,13-14,21,28H,4,9-12H2,1-2H3/t21-/m0/s1. The number of hydrogen-bond acceptors (Lipinski definition) is 6. The zero-order valence-electron chi connectivity index (χ0n) is 18.0. The largest absolute Gasteiger partial charge is 0.507 e. The molecular formula is C24H25ClN2O5. The Hall–Kier alpha value is -3.03.